The van der Waals surface area contributed by atoms with Crippen molar-refractivity contribution in [2.24, 2.45) is 5.73 Å². The second kappa shape index (κ2) is 3.64. The second-order valence-electron chi connectivity index (χ2n) is 4.37. The van der Waals surface area contributed by atoms with Crippen molar-refractivity contribution in [1.82, 2.24) is 10.0 Å². The molecule has 1 heterocycles. The Morgan fingerprint density at radius 1 is 1.46 bits per heavy atom. The van der Waals surface area contributed by atoms with E-state index in [1.165, 1.54) is 0 Å². The number of amides is 1. The van der Waals surface area contributed by atoms with Gasteiger partial charge in [-0.2, -0.15) is 0 Å². The number of nitrogens with zero attached hydrogens (tertiary/aromatic N) is 2. The highest BCUT2D eigenvalue weighted by atomic mass is 16.2. The lowest BCUT2D eigenvalue weighted by Gasteiger charge is -2.38. The Morgan fingerprint density at radius 2 is 2.08 bits per heavy atom. The predicted octanol–water partition coefficient (Wildman–Crippen LogP) is 0.193. The second-order valence-corrected chi connectivity index (χ2v) is 4.37. The number of carbonyl (C=O) groups is 1. The van der Waals surface area contributed by atoms with E-state index in [9.17, 15) is 4.79 Å². The molecule has 4 heteroatoms. The lowest BCUT2D eigenvalue weighted by molar-refractivity contribution is -0.148. The van der Waals surface area contributed by atoms with Crippen molar-refractivity contribution in [3.05, 3.63) is 0 Å². The molecule has 1 fully saturated rings. The first-order valence-electron chi connectivity index (χ1n) is 4.75. The van der Waals surface area contributed by atoms with E-state index < -0.39 is 0 Å². The zero-order chi connectivity index (χ0) is 10.1. The van der Waals surface area contributed by atoms with Crippen LogP contribution in [-0.2, 0) is 4.79 Å². The summed E-state index contributed by atoms with van der Waals surface area (Å²) in [4.78, 5) is 11.5. The molecule has 1 amide bonds. The van der Waals surface area contributed by atoms with Crippen LogP contribution in [-0.4, -0.2) is 41.1 Å². The monoisotopic (exact) mass is 185 g/mol. The van der Waals surface area contributed by atoms with E-state index in [0.29, 0.717) is 13.0 Å². The van der Waals surface area contributed by atoms with Gasteiger partial charge in [0.15, 0.2) is 0 Å². The lowest BCUT2D eigenvalue weighted by Crippen LogP contribution is -2.51. The van der Waals surface area contributed by atoms with Crippen molar-refractivity contribution in [3.63, 3.8) is 0 Å². The number of hydrogen-bond acceptors (Lipinski definition) is 3. The van der Waals surface area contributed by atoms with Gasteiger partial charge < -0.3 is 5.73 Å². The summed E-state index contributed by atoms with van der Waals surface area (Å²) in [6.45, 7) is 8.30. The highest BCUT2D eigenvalue weighted by Crippen LogP contribution is 2.22. The molecule has 0 saturated carbocycles. The minimum Gasteiger partial charge on any atom is -0.329 e. The molecular formula is C9H19N3O. The summed E-state index contributed by atoms with van der Waals surface area (Å²) < 4.78 is 0. The summed E-state index contributed by atoms with van der Waals surface area (Å²) in [5, 5.41) is 3.88. The van der Waals surface area contributed by atoms with E-state index in [-0.39, 0.29) is 11.4 Å². The van der Waals surface area contributed by atoms with Crippen molar-refractivity contribution in [3.8, 4) is 0 Å². The quantitative estimate of drug-likeness (QED) is 0.668. The van der Waals surface area contributed by atoms with Crippen LogP contribution >= 0.6 is 0 Å². The Bertz CT molecular complexity index is 198. The van der Waals surface area contributed by atoms with Gasteiger partial charge in [-0.05, 0) is 20.8 Å². The molecule has 0 aliphatic carbocycles. The SMILES string of the molecule is CC(C)(C)N1C(=O)CCN1CCN. The summed E-state index contributed by atoms with van der Waals surface area (Å²) in [6, 6.07) is 0. The first-order valence-corrected chi connectivity index (χ1v) is 4.75. The molecule has 2 N–H and O–H groups in total. The van der Waals surface area contributed by atoms with Gasteiger partial charge >= 0.3 is 0 Å². The Morgan fingerprint density at radius 3 is 2.54 bits per heavy atom. The Balaban J connectivity index is 2.71. The Hall–Kier alpha value is -0.610. The summed E-state index contributed by atoms with van der Waals surface area (Å²) in [6.07, 6.45) is 0.622. The van der Waals surface area contributed by atoms with Crippen molar-refractivity contribution < 1.29 is 4.79 Å². The fourth-order valence-corrected chi connectivity index (χ4v) is 1.75. The molecule has 0 aromatic carbocycles. The molecule has 76 valence electrons. The summed E-state index contributed by atoms with van der Waals surface area (Å²) >= 11 is 0. The molecule has 13 heavy (non-hydrogen) atoms. The van der Waals surface area contributed by atoms with Crippen LogP contribution in [0.5, 0.6) is 0 Å². The summed E-state index contributed by atoms with van der Waals surface area (Å²) in [5.74, 6) is 0.209. The maximum atomic E-state index is 11.5. The van der Waals surface area contributed by atoms with Crippen LogP contribution < -0.4 is 5.73 Å². The Kier molecular flexibility index (Phi) is 2.93. The van der Waals surface area contributed by atoms with E-state index in [2.05, 4.69) is 0 Å². The number of hydrazine groups is 1. The first kappa shape index (κ1) is 10.5. The fraction of sp³-hybridized carbons (Fsp3) is 0.889. The van der Waals surface area contributed by atoms with Crippen molar-refractivity contribution in [2.45, 2.75) is 32.7 Å². The molecule has 0 unspecified atom stereocenters. The first-order chi connectivity index (χ1) is 5.96. The number of hydrogen-bond donors (Lipinski definition) is 1. The van der Waals surface area contributed by atoms with Gasteiger partial charge in [0.05, 0.1) is 5.54 Å². The van der Waals surface area contributed by atoms with Crippen LogP contribution in [0.2, 0.25) is 0 Å². The molecule has 1 rings (SSSR count). The normalized spacial score (nSPS) is 20.0. The van der Waals surface area contributed by atoms with Gasteiger partial charge in [-0.3, -0.25) is 9.80 Å². The zero-order valence-electron chi connectivity index (χ0n) is 8.71. The van der Waals surface area contributed by atoms with Gasteiger partial charge in [-0.15, -0.1) is 0 Å². The van der Waals surface area contributed by atoms with E-state index >= 15 is 0 Å². The van der Waals surface area contributed by atoms with E-state index in [1.54, 1.807) is 0 Å². The van der Waals surface area contributed by atoms with Crippen molar-refractivity contribution in [1.29, 1.82) is 0 Å². The molecule has 0 radical (unpaired) electrons. The topological polar surface area (TPSA) is 49.6 Å². The highest BCUT2D eigenvalue weighted by molar-refractivity contribution is 5.78. The van der Waals surface area contributed by atoms with Gasteiger partial charge in [0.1, 0.15) is 0 Å². The van der Waals surface area contributed by atoms with Gasteiger partial charge in [0.2, 0.25) is 5.91 Å². The fourth-order valence-electron chi connectivity index (χ4n) is 1.75. The maximum Gasteiger partial charge on any atom is 0.238 e. The van der Waals surface area contributed by atoms with Crippen LogP contribution in [0, 0.1) is 0 Å². The van der Waals surface area contributed by atoms with Gasteiger partial charge in [-0.1, -0.05) is 0 Å². The maximum absolute atomic E-state index is 11.5. The molecule has 0 spiro atoms. The molecule has 1 aliphatic rings. The van der Waals surface area contributed by atoms with E-state index in [4.69, 9.17) is 5.73 Å². The van der Waals surface area contributed by atoms with Crippen molar-refractivity contribution in [2.75, 3.05) is 19.6 Å². The summed E-state index contributed by atoms with van der Waals surface area (Å²) in [5.41, 5.74) is 5.36. The van der Waals surface area contributed by atoms with Crippen LogP contribution in [0.25, 0.3) is 0 Å². The molecule has 1 aliphatic heterocycles. The number of nitrogens with two attached hydrogens (primary N) is 1. The average Bonchev–Trinajstić information content (AvgIpc) is 2.31. The zero-order valence-corrected chi connectivity index (χ0v) is 8.71. The smallest absolute Gasteiger partial charge is 0.238 e. The number of rotatable bonds is 2. The van der Waals surface area contributed by atoms with E-state index in [1.807, 2.05) is 30.8 Å². The molecule has 0 bridgehead atoms. The molecule has 0 atom stereocenters. The minimum atomic E-state index is -0.122. The Labute approximate surface area is 79.6 Å². The van der Waals surface area contributed by atoms with Crippen molar-refractivity contribution >= 4 is 5.91 Å². The standard InChI is InChI=1S/C9H19N3O/c1-9(2,3)12-8(13)4-6-11(12)7-5-10/h4-7,10H2,1-3H3. The third-order valence-electron chi connectivity index (χ3n) is 2.13. The van der Waals surface area contributed by atoms with Gasteiger partial charge in [0.25, 0.3) is 0 Å². The lowest BCUT2D eigenvalue weighted by atomic mass is 10.1. The average molecular weight is 185 g/mol. The third kappa shape index (κ3) is 2.19. The summed E-state index contributed by atoms with van der Waals surface area (Å²) in [7, 11) is 0. The molecular weight excluding hydrogens is 166 g/mol. The molecule has 4 nitrogen and oxygen atoms in total. The minimum absolute atomic E-state index is 0.122. The van der Waals surface area contributed by atoms with E-state index in [0.717, 1.165) is 13.1 Å². The van der Waals surface area contributed by atoms with Crippen LogP contribution in [0.4, 0.5) is 0 Å². The molecule has 0 aromatic heterocycles. The highest BCUT2D eigenvalue weighted by Gasteiger charge is 2.36. The molecule has 1 saturated heterocycles. The molecule has 0 aromatic rings. The van der Waals surface area contributed by atoms with Crippen LogP contribution in [0.15, 0.2) is 0 Å². The number of carbonyl (C=O) groups excluding carboxylic acids is 1. The third-order valence-corrected chi connectivity index (χ3v) is 2.13. The van der Waals surface area contributed by atoms with Gasteiger partial charge in [-0.25, -0.2) is 5.01 Å². The predicted molar refractivity (Wildman–Crippen MR) is 51.8 cm³/mol. The van der Waals surface area contributed by atoms with Gasteiger partial charge in [0, 0.05) is 26.1 Å². The van der Waals surface area contributed by atoms with Crippen LogP contribution in [0.1, 0.15) is 27.2 Å². The largest absolute Gasteiger partial charge is 0.329 e. The van der Waals surface area contributed by atoms with Crippen LogP contribution in [0.3, 0.4) is 0 Å².